The summed E-state index contributed by atoms with van der Waals surface area (Å²) in [5, 5.41) is 40.4. The van der Waals surface area contributed by atoms with E-state index in [1.54, 1.807) is 0 Å². The monoisotopic (exact) mass is 364 g/mol. The summed E-state index contributed by atoms with van der Waals surface area (Å²) in [6, 6.07) is 2.19. The van der Waals surface area contributed by atoms with Crippen molar-refractivity contribution in [3.63, 3.8) is 0 Å². The van der Waals surface area contributed by atoms with Crippen LogP contribution in [0.1, 0.15) is 20.7 Å². The van der Waals surface area contributed by atoms with Crippen LogP contribution in [0, 0.1) is 20.2 Å². The van der Waals surface area contributed by atoms with Crippen LogP contribution in [0.3, 0.4) is 0 Å². The van der Waals surface area contributed by atoms with Gasteiger partial charge in [-0.1, -0.05) is 0 Å². The number of pyridine rings is 1. The van der Waals surface area contributed by atoms with Gasteiger partial charge >= 0.3 is 23.3 Å². The van der Waals surface area contributed by atoms with Gasteiger partial charge in [0.15, 0.2) is 0 Å². The van der Waals surface area contributed by atoms with Crippen molar-refractivity contribution in [1.82, 2.24) is 4.98 Å². The number of benzene rings is 1. The standard InChI is InChI=1S/C13H8N4O9/c14-10-8(12(19)20)7(9(13(21)22)11(18)15-10)4-1-2-5(16(23)24)6(3-4)17(25)26/h1-3H,(H,19,20)(H,21,22)(H3,14,15,18). The van der Waals surface area contributed by atoms with Crippen molar-refractivity contribution >= 4 is 29.1 Å². The lowest BCUT2D eigenvalue weighted by molar-refractivity contribution is -0.422. The van der Waals surface area contributed by atoms with Crippen molar-refractivity contribution < 1.29 is 29.6 Å². The summed E-state index contributed by atoms with van der Waals surface area (Å²) in [6.07, 6.45) is 0. The van der Waals surface area contributed by atoms with Crippen LogP contribution in [0.25, 0.3) is 11.1 Å². The molecule has 0 aliphatic carbocycles. The lowest BCUT2D eigenvalue weighted by Gasteiger charge is -2.12. The number of nitrogens with zero attached hydrogens (tertiary/aromatic N) is 2. The van der Waals surface area contributed by atoms with E-state index in [1.165, 1.54) is 0 Å². The summed E-state index contributed by atoms with van der Waals surface area (Å²) < 4.78 is 0. The van der Waals surface area contributed by atoms with Gasteiger partial charge in [0.2, 0.25) is 0 Å². The van der Waals surface area contributed by atoms with Gasteiger partial charge in [-0.05, 0) is 11.6 Å². The number of aromatic carboxylic acids is 2. The second-order valence-corrected chi connectivity index (χ2v) is 4.82. The van der Waals surface area contributed by atoms with Crippen molar-refractivity contribution in [2.75, 3.05) is 5.73 Å². The number of carbonyl (C=O) groups is 2. The Bertz CT molecular complexity index is 1040. The molecule has 13 heteroatoms. The van der Waals surface area contributed by atoms with E-state index in [9.17, 15) is 44.8 Å². The Balaban J connectivity index is 3.00. The molecule has 0 aliphatic heterocycles. The van der Waals surface area contributed by atoms with Crippen molar-refractivity contribution in [2.45, 2.75) is 0 Å². The Morgan fingerprint density at radius 3 is 2.00 bits per heavy atom. The topological polar surface area (TPSA) is 220 Å². The van der Waals surface area contributed by atoms with E-state index in [4.69, 9.17) is 5.73 Å². The minimum absolute atomic E-state index is 0.407. The van der Waals surface area contributed by atoms with Gasteiger partial charge in [-0.2, -0.15) is 0 Å². The van der Waals surface area contributed by atoms with Gasteiger partial charge in [0, 0.05) is 17.7 Å². The molecule has 0 fully saturated rings. The zero-order valence-corrected chi connectivity index (χ0v) is 12.5. The van der Waals surface area contributed by atoms with Crippen LogP contribution in [-0.4, -0.2) is 37.0 Å². The molecule has 0 aliphatic rings. The maximum absolute atomic E-state index is 11.9. The van der Waals surface area contributed by atoms with E-state index in [0.717, 1.165) is 6.07 Å². The van der Waals surface area contributed by atoms with Gasteiger partial charge in [-0.15, -0.1) is 0 Å². The molecule has 0 spiro atoms. The summed E-state index contributed by atoms with van der Waals surface area (Å²) in [6.45, 7) is 0. The largest absolute Gasteiger partial charge is 0.478 e. The third-order valence-corrected chi connectivity index (χ3v) is 3.33. The summed E-state index contributed by atoms with van der Waals surface area (Å²) in [5.74, 6) is -4.20. The molecule has 2 aromatic rings. The Morgan fingerprint density at radius 1 is 1.00 bits per heavy atom. The van der Waals surface area contributed by atoms with Crippen molar-refractivity contribution in [3.8, 4) is 11.1 Å². The Labute approximate surface area is 141 Å². The van der Waals surface area contributed by atoms with Gasteiger partial charge in [-0.3, -0.25) is 25.0 Å². The van der Waals surface area contributed by atoms with Gasteiger partial charge in [0.1, 0.15) is 16.9 Å². The van der Waals surface area contributed by atoms with Gasteiger partial charge < -0.3 is 20.9 Å². The molecule has 13 nitrogen and oxygen atoms in total. The van der Waals surface area contributed by atoms with E-state index >= 15 is 0 Å². The van der Waals surface area contributed by atoms with Crippen LogP contribution < -0.4 is 11.3 Å². The van der Waals surface area contributed by atoms with Gasteiger partial charge in [0.05, 0.1) is 9.85 Å². The minimum Gasteiger partial charge on any atom is -0.478 e. The number of aromatic nitrogens is 1. The van der Waals surface area contributed by atoms with Crippen LogP contribution in [0.4, 0.5) is 17.2 Å². The molecular formula is C13H8N4O9. The molecule has 5 N–H and O–H groups in total. The molecule has 0 atom stereocenters. The number of carboxylic acids is 2. The fourth-order valence-corrected chi connectivity index (χ4v) is 2.31. The normalized spacial score (nSPS) is 10.3. The summed E-state index contributed by atoms with van der Waals surface area (Å²) >= 11 is 0. The number of nitrogen functional groups attached to an aromatic ring is 1. The predicted molar refractivity (Wildman–Crippen MR) is 84.1 cm³/mol. The molecular weight excluding hydrogens is 356 g/mol. The second-order valence-electron chi connectivity index (χ2n) is 4.82. The van der Waals surface area contributed by atoms with Crippen LogP contribution in [0.15, 0.2) is 23.0 Å². The van der Waals surface area contributed by atoms with Crippen LogP contribution in [0.2, 0.25) is 0 Å². The highest BCUT2D eigenvalue weighted by molar-refractivity contribution is 6.07. The number of rotatable bonds is 5. The maximum Gasteiger partial charge on any atom is 0.346 e. The van der Waals surface area contributed by atoms with Crippen molar-refractivity contribution in [2.24, 2.45) is 0 Å². The molecule has 1 aromatic heterocycles. The molecule has 1 aromatic carbocycles. The highest BCUT2D eigenvalue weighted by Gasteiger charge is 2.30. The summed E-state index contributed by atoms with van der Waals surface area (Å²) in [7, 11) is 0. The molecule has 0 bridgehead atoms. The van der Waals surface area contributed by atoms with Crippen molar-refractivity contribution in [3.05, 3.63) is 59.9 Å². The molecule has 0 saturated carbocycles. The molecule has 0 unspecified atom stereocenters. The molecule has 26 heavy (non-hydrogen) atoms. The first kappa shape index (κ1) is 18.1. The zero-order chi connectivity index (χ0) is 19.8. The van der Waals surface area contributed by atoms with Gasteiger partial charge in [-0.25, -0.2) is 9.59 Å². The van der Waals surface area contributed by atoms with Crippen LogP contribution >= 0.6 is 0 Å². The number of H-pyrrole nitrogens is 1. The van der Waals surface area contributed by atoms with E-state index in [2.05, 4.69) is 0 Å². The quantitative estimate of drug-likeness (QED) is 0.432. The predicted octanol–water partition coefficient (Wildman–Crippen LogP) is 0.837. The molecule has 1 heterocycles. The maximum atomic E-state index is 11.9. The Hall–Kier alpha value is -4.29. The summed E-state index contributed by atoms with van der Waals surface area (Å²) in [5.41, 5.74) is -0.673. The summed E-state index contributed by atoms with van der Waals surface area (Å²) in [4.78, 5) is 56.4. The first-order valence-electron chi connectivity index (χ1n) is 6.51. The Morgan fingerprint density at radius 2 is 1.54 bits per heavy atom. The SMILES string of the molecule is Nc1[nH]c(=O)c(C(=O)O)c(-c2ccc([N+](=O)[O-])c([N+](=O)[O-])c2)c1C(=O)O. The fourth-order valence-electron chi connectivity index (χ4n) is 2.31. The number of hydrogen-bond donors (Lipinski definition) is 4. The number of nitro benzene ring substituents is 2. The molecule has 2 rings (SSSR count). The van der Waals surface area contributed by atoms with E-state index in [-0.39, 0.29) is 0 Å². The fraction of sp³-hybridized carbons (Fsp3) is 0. The number of anilines is 1. The average molecular weight is 364 g/mol. The number of nitrogens with two attached hydrogens (primary N) is 1. The van der Waals surface area contributed by atoms with Crippen LogP contribution in [-0.2, 0) is 0 Å². The first-order valence-corrected chi connectivity index (χ1v) is 6.51. The number of nitro groups is 2. The smallest absolute Gasteiger partial charge is 0.346 e. The average Bonchev–Trinajstić information content (AvgIpc) is 2.52. The molecule has 0 radical (unpaired) electrons. The third kappa shape index (κ3) is 2.91. The number of nitrogens with one attached hydrogen (secondary N) is 1. The number of hydrogen-bond acceptors (Lipinski definition) is 8. The third-order valence-electron chi connectivity index (χ3n) is 3.33. The second kappa shape index (κ2) is 6.31. The molecule has 0 amide bonds. The lowest BCUT2D eigenvalue weighted by Crippen LogP contribution is -2.24. The highest BCUT2D eigenvalue weighted by Crippen LogP contribution is 2.35. The Kier molecular flexibility index (Phi) is 4.38. The van der Waals surface area contributed by atoms with Crippen LogP contribution in [0.5, 0.6) is 0 Å². The lowest BCUT2D eigenvalue weighted by atomic mass is 9.95. The van der Waals surface area contributed by atoms with Gasteiger partial charge in [0.25, 0.3) is 5.56 Å². The molecule has 0 saturated heterocycles. The zero-order valence-electron chi connectivity index (χ0n) is 12.5. The van der Waals surface area contributed by atoms with E-state index in [1.807, 2.05) is 4.98 Å². The number of carboxylic acid groups (broad SMARTS) is 2. The first-order chi connectivity index (χ1) is 12.1. The van der Waals surface area contributed by atoms with Crippen molar-refractivity contribution in [1.29, 1.82) is 0 Å². The van der Waals surface area contributed by atoms with E-state index in [0.29, 0.717) is 12.1 Å². The van der Waals surface area contributed by atoms with E-state index < -0.39 is 66.8 Å². The minimum atomic E-state index is -1.82. The highest BCUT2D eigenvalue weighted by atomic mass is 16.6. The molecule has 134 valence electrons. The number of aromatic amines is 1.